The Hall–Kier alpha value is -2.53. The number of hydrogen-bond donors (Lipinski definition) is 32. The lowest BCUT2D eigenvalue weighted by Gasteiger charge is -2.50. The van der Waals surface area contributed by atoms with E-state index in [1.807, 2.05) is 0 Å². The van der Waals surface area contributed by atoms with Gasteiger partial charge in [-0.1, -0.05) is 0 Å². The van der Waals surface area contributed by atoms with E-state index < -0.39 is 379 Å². The molecule has 0 aromatic heterocycles. The Morgan fingerprint density at radius 1 is 0.228 bits per heavy atom. The molecule has 0 aromatic carbocycles. The van der Waals surface area contributed by atoms with Gasteiger partial charge in [0.25, 0.3) is 0 Å². The highest BCUT2D eigenvalue weighted by Crippen LogP contribution is 2.40. The molecule has 0 bridgehead atoms. The number of carbonyl (C=O) groups is 1. The monoisotopic (exact) mass is 1680 g/mol. The highest BCUT2D eigenvalue weighted by atomic mass is 16.8. The zero-order chi connectivity index (χ0) is 83.7. The van der Waals surface area contributed by atoms with E-state index in [0.29, 0.717) is 0 Å². The molecule has 0 saturated carbocycles. The third-order valence-corrected chi connectivity index (χ3v) is 21.2. The molecule has 10 heterocycles. The lowest BCUT2D eigenvalue weighted by atomic mass is 9.94. The van der Waals surface area contributed by atoms with Crippen LogP contribution in [0.2, 0.25) is 0 Å². The van der Waals surface area contributed by atoms with E-state index in [1.54, 1.807) is 0 Å². The van der Waals surface area contributed by atoms with Crippen LogP contribution in [0, 0.1) is 0 Å². The third kappa shape index (κ3) is 19.9. The molecule has 10 saturated heterocycles. The molecular formula is C62H105NO51. The maximum Gasteiger partial charge on any atom is 0.217 e. The molecule has 50 atom stereocenters. The van der Waals surface area contributed by atoms with Crippen LogP contribution in [0.25, 0.3) is 0 Å². The third-order valence-electron chi connectivity index (χ3n) is 21.2. The SMILES string of the molecule is CC(=O)N[C@@H]1[C@@H](O)[C@H](O[C@@H]2O[C@H](CO[C@H]3O[C@H](CO[C@H]4O[C@H](CO)[C@@H](O)[C@H](O)[C@@H]4O[C@H]4O[C@H](CO)[C@@H](O)[C@H](O)[C@@H]4O)[C@@H](O)[C@H](O[C@H]4O[C@H](CO)[C@@H](O)[C@H](O)[C@@H]4O)[C@@H]3O)[C@@H](O)[C@H](O[C@H]3O[C@H](CO[C@H]4O[C@H](CO)[C@@H](O)[C@H](O)[C@@H]4O)[C@@H](O)[C@H](O)[C@@H]3O[C@H]3O[C@H](CO)[C@@H](O)[C@H](O)[C@@H]3O[C@H]3O[C@H](CO)[C@@H](O)[C@H](O)[C@@H]3O)[C@@H]2O)[C@@H](CO)O[C@H]1O. The summed E-state index contributed by atoms with van der Waals surface area (Å²) in [6, 6.07) is -1.83. The van der Waals surface area contributed by atoms with Crippen LogP contribution in [0.4, 0.5) is 0 Å². The molecule has 10 rings (SSSR count). The smallest absolute Gasteiger partial charge is 0.217 e. The first-order valence-electron chi connectivity index (χ1n) is 36.2. The highest BCUT2D eigenvalue weighted by molar-refractivity contribution is 5.73. The fourth-order valence-electron chi connectivity index (χ4n) is 14.5. The van der Waals surface area contributed by atoms with Crippen LogP contribution in [-0.2, 0) is 94.8 Å². The summed E-state index contributed by atoms with van der Waals surface area (Å²) >= 11 is 0. The molecule has 0 aliphatic carbocycles. The Morgan fingerprint density at radius 2 is 0.465 bits per heavy atom. The summed E-state index contributed by atoms with van der Waals surface area (Å²) in [5.41, 5.74) is 0. The highest BCUT2D eigenvalue weighted by Gasteiger charge is 2.61. The number of rotatable bonds is 29. The van der Waals surface area contributed by atoms with E-state index in [9.17, 15) is 163 Å². The van der Waals surface area contributed by atoms with E-state index in [4.69, 9.17) is 90.0 Å². The minimum Gasteiger partial charge on any atom is -0.394 e. The van der Waals surface area contributed by atoms with Gasteiger partial charge in [-0.2, -0.15) is 0 Å². The number of nitrogens with one attached hydrogen (secondary N) is 1. The van der Waals surface area contributed by atoms with E-state index >= 15 is 0 Å². The zero-order valence-corrected chi connectivity index (χ0v) is 60.0. The second-order valence-corrected chi connectivity index (χ2v) is 28.8. The van der Waals surface area contributed by atoms with Crippen molar-refractivity contribution in [1.29, 1.82) is 0 Å². The number of hydrogen-bond acceptors (Lipinski definition) is 51. The summed E-state index contributed by atoms with van der Waals surface area (Å²) in [6.45, 7) is -10.0. The Morgan fingerprint density at radius 3 is 0.851 bits per heavy atom. The van der Waals surface area contributed by atoms with E-state index in [0.717, 1.165) is 6.92 Å². The number of aliphatic hydroxyl groups excluding tert-OH is 31. The van der Waals surface area contributed by atoms with Crippen LogP contribution >= 0.6 is 0 Å². The molecule has 664 valence electrons. The van der Waals surface area contributed by atoms with Crippen molar-refractivity contribution in [3.05, 3.63) is 0 Å². The largest absolute Gasteiger partial charge is 0.394 e. The molecule has 10 aliphatic rings. The van der Waals surface area contributed by atoms with Crippen molar-refractivity contribution in [1.82, 2.24) is 5.32 Å². The van der Waals surface area contributed by atoms with Crippen molar-refractivity contribution < 1.29 is 253 Å². The molecule has 10 aliphatic heterocycles. The molecule has 1 amide bonds. The topological polar surface area (TPSA) is 832 Å². The molecule has 0 aromatic rings. The van der Waals surface area contributed by atoms with Gasteiger partial charge < -0.3 is 254 Å². The van der Waals surface area contributed by atoms with Gasteiger partial charge in [0.2, 0.25) is 5.91 Å². The van der Waals surface area contributed by atoms with Crippen LogP contribution in [0.5, 0.6) is 0 Å². The average molecular weight is 1680 g/mol. The summed E-state index contributed by atoms with van der Waals surface area (Å²) in [4.78, 5) is 12.4. The molecule has 52 nitrogen and oxygen atoms in total. The van der Waals surface area contributed by atoms with Gasteiger partial charge >= 0.3 is 0 Å². The molecule has 52 heteroatoms. The summed E-state index contributed by atoms with van der Waals surface area (Å²) in [6.07, 6.45) is -106. The quantitative estimate of drug-likeness (QED) is 0.0331. The van der Waals surface area contributed by atoms with Crippen LogP contribution < -0.4 is 5.32 Å². The predicted octanol–water partition coefficient (Wildman–Crippen LogP) is -22.7. The van der Waals surface area contributed by atoms with Crippen molar-refractivity contribution in [2.45, 2.75) is 314 Å². The fraction of sp³-hybridized carbons (Fsp3) is 0.984. The molecule has 0 spiro atoms. The summed E-state index contributed by atoms with van der Waals surface area (Å²) in [5.74, 6) is -0.891. The first-order chi connectivity index (χ1) is 54.0. The molecule has 114 heavy (non-hydrogen) atoms. The van der Waals surface area contributed by atoms with Gasteiger partial charge in [-0.3, -0.25) is 4.79 Å². The van der Waals surface area contributed by atoms with Crippen molar-refractivity contribution in [3.8, 4) is 0 Å². The number of amides is 1. The maximum absolute atomic E-state index is 12.7. The number of carbonyl (C=O) groups excluding carboxylic acids is 1. The molecule has 32 N–H and O–H groups in total. The Labute approximate surface area is 642 Å². The minimum atomic E-state index is -2.63. The average Bonchev–Trinajstić information content (AvgIpc) is 0.762. The van der Waals surface area contributed by atoms with Crippen LogP contribution in [0.1, 0.15) is 6.92 Å². The van der Waals surface area contributed by atoms with E-state index in [-0.39, 0.29) is 0 Å². The summed E-state index contributed by atoms with van der Waals surface area (Å²) in [7, 11) is 0. The van der Waals surface area contributed by atoms with E-state index in [1.165, 1.54) is 0 Å². The molecule has 10 fully saturated rings. The van der Waals surface area contributed by atoms with Crippen LogP contribution in [0.15, 0.2) is 0 Å². The Balaban J connectivity index is 1.00. The van der Waals surface area contributed by atoms with Gasteiger partial charge in [0.15, 0.2) is 62.9 Å². The van der Waals surface area contributed by atoms with Crippen molar-refractivity contribution >= 4 is 5.91 Å². The fourth-order valence-corrected chi connectivity index (χ4v) is 14.5. The molecular weight excluding hydrogens is 1570 g/mol. The minimum absolute atomic E-state index is 0.891. The summed E-state index contributed by atoms with van der Waals surface area (Å²) in [5, 5.41) is 343. The number of aliphatic hydroxyl groups is 31. The lowest BCUT2D eigenvalue weighted by molar-refractivity contribution is -0.409. The standard InChI is InChI=1S/C62H105NO51/c1-12(71)63-23-33(81)47(19(8-70)99-53(23)95)109-59-46(94)49(111-62-52(40(88)30(78)20(108-62)9-96-54-41(89)34(82)24(72)13(2-64)100-54)114-61-51(39(87)29(77)18(7-69)105-61)113-58-44(92)37(85)27(75)16(5-67)103-58)32(80)22(107-59)10-97-55-45(93)48(110-56-42(90)35(83)25(73)14(3-65)101-56)31(79)21(106-55)11-98-60-50(38(86)28(76)17(6-68)104-60)112-57-43(91)36(84)26(74)15(4-66)102-57/h13-62,64-70,72-95H,2-11H2,1H3,(H,63,71)/t13-,14-,15-,16-,17-,18-,19-,20-,21-,22-,23-,24-,25-,26-,27-,28-,29-,30-,31-,32-,33-,34+,35+,36+,37+,38+,39+,40+,41+,42+,43+,44+,45+,46+,47-,48+,49+,50+,51+,52+,53-,54+,55+,56-,57-,58-,59+,60+,61-,62-/m1/s1. The maximum atomic E-state index is 12.7. The normalized spacial score (nSPS) is 52.6. The number of ether oxygens (including phenoxy) is 19. The first-order valence-corrected chi connectivity index (χ1v) is 36.2. The van der Waals surface area contributed by atoms with Crippen LogP contribution in [0.3, 0.4) is 0 Å². The second-order valence-electron chi connectivity index (χ2n) is 28.8. The van der Waals surface area contributed by atoms with Crippen LogP contribution in [-0.4, -0.2) is 537 Å². The first kappa shape index (κ1) is 93.7. The zero-order valence-electron chi connectivity index (χ0n) is 60.0. The van der Waals surface area contributed by atoms with Gasteiger partial charge in [-0.25, -0.2) is 0 Å². The molecule has 0 unspecified atom stereocenters. The Bertz CT molecular complexity index is 2910. The van der Waals surface area contributed by atoms with Crippen molar-refractivity contribution in [3.63, 3.8) is 0 Å². The van der Waals surface area contributed by atoms with Crippen molar-refractivity contribution in [2.75, 3.05) is 66.1 Å². The summed E-state index contributed by atoms with van der Waals surface area (Å²) < 4.78 is 110. The second kappa shape index (κ2) is 40.6. The van der Waals surface area contributed by atoms with Gasteiger partial charge in [-0.05, 0) is 0 Å². The Kier molecular flexibility index (Phi) is 33.4. The van der Waals surface area contributed by atoms with Gasteiger partial charge in [0.1, 0.15) is 244 Å². The van der Waals surface area contributed by atoms with E-state index in [2.05, 4.69) is 5.32 Å². The van der Waals surface area contributed by atoms with Gasteiger partial charge in [0, 0.05) is 6.92 Å². The predicted molar refractivity (Wildman–Crippen MR) is 341 cm³/mol. The van der Waals surface area contributed by atoms with Crippen molar-refractivity contribution in [2.24, 2.45) is 0 Å². The lowest BCUT2D eigenvalue weighted by Crippen LogP contribution is -2.69. The van der Waals surface area contributed by atoms with Gasteiger partial charge in [0.05, 0.1) is 66.1 Å². The van der Waals surface area contributed by atoms with Gasteiger partial charge in [-0.15, -0.1) is 0 Å². The molecule has 0 radical (unpaired) electrons.